The van der Waals surface area contributed by atoms with Gasteiger partial charge in [0.25, 0.3) is 0 Å². The van der Waals surface area contributed by atoms with Crippen molar-refractivity contribution in [2.75, 3.05) is 0 Å². The van der Waals surface area contributed by atoms with Crippen molar-refractivity contribution in [3.63, 3.8) is 0 Å². The molecule has 1 unspecified atom stereocenters. The molecular formula is C14H17BrO2. The molecule has 0 saturated carbocycles. The van der Waals surface area contributed by atoms with E-state index in [4.69, 9.17) is 5.11 Å². The van der Waals surface area contributed by atoms with Crippen molar-refractivity contribution in [1.29, 1.82) is 0 Å². The minimum Gasteiger partial charge on any atom is -0.481 e. The molecule has 1 N–H and O–H groups in total. The van der Waals surface area contributed by atoms with Gasteiger partial charge in [0, 0.05) is 4.47 Å². The number of benzene rings is 1. The number of aliphatic carboxylic acids is 1. The first-order valence-corrected chi connectivity index (χ1v) is 6.90. The molecule has 0 radical (unpaired) electrons. The first-order valence-electron chi connectivity index (χ1n) is 6.11. The van der Waals surface area contributed by atoms with E-state index in [9.17, 15) is 4.79 Å². The Morgan fingerprint density at radius 1 is 1.41 bits per heavy atom. The Hall–Kier alpha value is -0.830. The molecule has 17 heavy (non-hydrogen) atoms. The number of rotatable bonds is 3. The van der Waals surface area contributed by atoms with Crippen molar-refractivity contribution >= 4 is 21.9 Å². The van der Waals surface area contributed by atoms with Crippen LogP contribution in [0.2, 0.25) is 0 Å². The van der Waals surface area contributed by atoms with E-state index in [1.807, 2.05) is 0 Å². The SMILES string of the molecule is CC(Cc1cc(Br)c2c(c1)CCCC2)C(=O)O. The topological polar surface area (TPSA) is 37.3 Å². The molecule has 1 aliphatic carbocycles. The smallest absolute Gasteiger partial charge is 0.306 e. The van der Waals surface area contributed by atoms with Crippen molar-refractivity contribution in [2.24, 2.45) is 5.92 Å². The summed E-state index contributed by atoms with van der Waals surface area (Å²) in [7, 11) is 0. The van der Waals surface area contributed by atoms with E-state index >= 15 is 0 Å². The van der Waals surface area contributed by atoms with Crippen molar-refractivity contribution in [3.8, 4) is 0 Å². The lowest BCUT2D eigenvalue weighted by Crippen LogP contribution is -2.13. The van der Waals surface area contributed by atoms with Crippen LogP contribution >= 0.6 is 15.9 Å². The van der Waals surface area contributed by atoms with E-state index in [2.05, 4.69) is 28.1 Å². The van der Waals surface area contributed by atoms with Gasteiger partial charge in [0.05, 0.1) is 5.92 Å². The molecule has 0 heterocycles. The molecule has 0 amide bonds. The van der Waals surface area contributed by atoms with Gasteiger partial charge in [-0.15, -0.1) is 0 Å². The van der Waals surface area contributed by atoms with Gasteiger partial charge < -0.3 is 5.11 Å². The molecule has 2 rings (SSSR count). The maximum atomic E-state index is 10.9. The van der Waals surface area contributed by atoms with E-state index in [1.165, 1.54) is 24.0 Å². The summed E-state index contributed by atoms with van der Waals surface area (Å²) in [5.41, 5.74) is 3.95. The molecule has 0 spiro atoms. The Morgan fingerprint density at radius 3 is 2.82 bits per heavy atom. The number of carboxylic acid groups (broad SMARTS) is 1. The third-order valence-electron chi connectivity index (χ3n) is 3.43. The maximum Gasteiger partial charge on any atom is 0.306 e. The first-order chi connectivity index (χ1) is 8.08. The van der Waals surface area contributed by atoms with E-state index in [-0.39, 0.29) is 5.92 Å². The van der Waals surface area contributed by atoms with Gasteiger partial charge in [0.1, 0.15) is 0 Å². The highest BCUT2D eigenvalue weighted by Crippen LogP contribution is 2.30. The van der Waals surface area contributed by atoms with E-state index in [1.54, 1.807) is 6.92 Å². The number of carbonyl (C=O) groups is 1. The van der Waals surface area contributed by atoms with Crippen LogP contribution in [0.5, 0.6) is 0 Å². The zero-order valence-electron chi connectivity index (χ0n) is 10.0. The fourth-order valence-corrected chi connectivity index (χ4v) is 3.18. The van der Waals surface area contributed by atoms with Gasteiger partial charge in [0.2, 0.25) is 0 Å². The van der Waals surface area contributed by atoms with Gasteiger partial charge in [-0.1, -0.05) is 28.9 Å². The molecule has 0 aromatic heterocycles. The summed E-state index contributed by atoms with van der Waals surface area (Å²) in [4.78, 5) is 10.9. The first kappa shape index (κ1) is 12.6. The van der Waals surface area contributed by atoms with Gasteiger partial charge >= 0.3 is 5.97 Å². The molecule has 0 bridgehead atoms. The van der Waals surface area contributed by atoms with Gasteiger partial charge in [0.15, 0.2) is 0 Å². The van der Waals surface area contributed by atoms with Crippen molar-refractivity contribution in [1.82, 2.24) is 0 Å². The normalized spacial score (nSPS) is 16.4. The quantitative estimate of drug-likeness (QED) is 0.925. The summed E-state index contributed by atoms with van der Waals surface area (Å²) >= 11 is 3.61. The minimum absolute atomic E-state index is 0.316. The summed E-state index contributed by atoms with van der Waals surface area (Å²) < 4.78 is 1.15. The Balaban J connectivity index is 2.25. The van der Waals surface area contributed by atoms with Crippen LogP contribution in [0.1, 0.15) is 36.5 Å². The molecular weight excluding hydrogens is 280 g/mol. The molecule has 1 aromatic carbocycles. The summed E-state index contributed by atoms with van der Waals surface area (Å²) in [5, 5.41) is 8.94. The third-order valence-corrected chi connectivity index (χ3v) is 4.14. The zero-order chi connectivity index (χ0) is 12.4. The van der Waals surface area contributed by atoms with Gasteiger partial charge in [-0.25, -0.2) is 0 Å². The van der Waals surface area contributed by atoms with E-state index in [0.717, 1.165) is 22.9 Å². The average molecular weight is 297 g/mol. The second-order valence-corrected chi connectivity index (χ2v) is 5.72. The van der Waals surface area contributed by atoms with Gasteiger partial charge in [-0.05, 0) is 54.9 Å². The van der Waals surface area contributed by atoms with Crippen LogP contribution < -0.4 is 0 Å². The number of hydrogen-bond donors (Lipinski definition) is 1. The molecule has 92 valence electrons. The lowest BCUT2D eigenvalue weighted by molar-refractivity contribution is -0.141. The molecule has 1 atom stereocenters. The fourth-order valence-electron chi connectivity index (χ4n) is 2.43. The van der Waals surface area contributed by atoms with Gasteiger partial charge in [-0.2, -0.15) is 0 Å². The Morgan fingerprint density at radius 2 is 2.12 bits per heavy atom. The zero-order valence-corrected chi connectivity index (χ0v) is 11.6. The lowest BCUT2D eigenvalue weighted by Gasteiger charge is -2.19. The van der Waals surface area contributed by atoms with Crippen LogP contribution in [0, 0.1) is 5.92 Å². The standard InChI is InChI=1S/C14H17BrO2/c1-9(14(16)17)6-10-7-11-4-2-3-5-12(11)13(15)8-10/h7-9H,2-6H2,1H3,(H,16,17). The summed E-state index contributed by atoms with van der Waals surface area (Å²) in [5.74, 6) is -1.04. The second kappa shape index (κ2) is 5.21. The lowest BCUT2D eigenvalue weighted by atomic mass is 9.88. The molecule has 1 aliphatic rings. The molecule has 0 fully saturated rings. The van der Waals surface area contributed by atoms with Crippen molar-refractivity contribution < 1.29 is 9.90 Å². The highest BCUT2D eigenvalue weighted by atomic mass is 79.9. The number of carboxylic acids is 1. The fraction of sp³-hybridized carbons (Fsp3) is 0.500. The highest BCUT2D eigenvalue weighted by molar-refractivity contribution is 9.10. The molecule has 2 nitrogen and oxygen atoms in total. The number of halogens is 1. The molecule has 1 aromatic rings. The van der Waals surface area contributed by atoms with Crippen molar-refractivity contribution in [2.45, 2.75) is 39.0 Å². The Labute approximate surface area is 110 Å². The highest BCUT2D eigenvalue weighted by Gasteiger charge is 2.16. The number of hydrogen-bond acceptors (Lipinski definition) is 1. The summed E-state index contributed by atoms with van der Waals surface area (Å²) in [6.45, 7) is 1.76. The molecule has 0 saturated heterocycles. The van der Waals surface area contributed by atoms with E-state index in [0.29, 0.717) is 6.42 Å². The van der Waals surface area contributed by atoms with Crippen LogP contribution in [0.3, 0.4) is 0 Å². The van der Waals surface area contributed by atoms with Crippen LogP contribution in [0.15, 0.2) is 16.6 Å². The van der Waals surface area contributed by atoms with Crippen LogP contribution in [-0.2, 0) is 24.1 Å². The average Bonchev–Trinajstić information content (AvgIpc) is 2.29. The van der Waals surface area contributed by atoms with E-state index < -0.39 is 5.97 Å². The Bertz CT molecular complexity index is 440. The summed E-state index contributed by atoms with van der Waals surface area (Å²) in [6.07, 6.45) is 5.39. The van der Waals surface area contributed by atoms with Crippen LogP contribution in [0.4, 0.5) is 0 Å². The molecule has 0 aliphatic heterocycles. The predicted octanol–water partition coefficient (Wildman–Crippen LogP) is 3.59. The maximum absolute atomic E-state index is 10.9. The predicted molar refractivity (Wildman–Crippen MR) is 71.3 cm³/mol. The van der Waals surface area contributed by atoms with Gasteiger partial charge in [-0.3, -0.25) is 4.79 Å². The number of fused-ring (bicyclic) bond motifs is 1. The second-order valence-electron chi connectivity index (χ2n) is 4.87. The Kier molecular flexibility index (Phi) is 3.87. The third kappa shape index (κ3) is 2.89. The number of aryl methyl sites for hydroxylation is 1. The monoisotopic (exact) mass is 296 g/mol. The minimum atomic E-state index is -0.723. The van der Waals surface area contributed by atoms with Crippen molar-refractivity contribution in [3.05, 3.63) is 33.3 Å². The largest absolute Gasteiger partial charge is 0.481 e. The summed E-state index contributed by atoms with van der Waals surface area (Å²) in [6, 6.07) is 4.28. The molecule has 3 heteroatoms. The van der Waals surface area contributed by atoms with Crippen LogP contribution in [-0.4, -0.2) is 11.1 Å². The van der Waals surface area contributed by atoms with Crippen LogP contribution in [0.25, 0.3) is 0 Å².